The summed E-state index contributed by atoms with van der Waals surface area (Å²) in [7, 11) is -3.07. The largest absolute Gasteiger partial charge is 0.484 e. The number of benzene rings is 1. The van der Waals surface area contributed by atoms with Crippen LogP contribution in [-0.4, -0.2) is 62.0 Å². The lowest BCUT2D eigenvalue weighted by Gasteiger charge is -2.34. The summed E-state index contributed by atoms with van der Waals surface area (Å²) in [5.74, 6) is 0.0867. The predicted molar refractivity (Wildman–Crippen MR) is 104 cm³/mol. The first kappa shape index (κ1) is 20.6. The van der Waals surface area contributed by atoms with Crippen LogP contribution in [0.1, 0.15) is 49.4 Å². The van der Waals surface area contributed by atoms with Gasteiger partial charge in [-0.15, -0.1) is 0 Å². The van der Waals surface area contributed by atoms with E-state index in [9.17, 15) is 18.0 Å². The summed E-state index contributed by atoms with van der Waals surface area (Å²) in [5.41, 5.74) is 0.421. The maximum atomic E-state index is 12.9. The number of amides is 1. The first-order valence-corrected chi connectivity index (χ1v) is 11.6. The van der Waals surface area contributed by atoms with Crippen molar-refractivity contribution in [3.05, 3.63) is 29.8 Å². The SMILES string of the molecule is CCOC(=O)c1ccc(OCC(=O)N(C2CCCC2)C2CCS(=O)(=O)C2)cc1. The molecule has 3 rings (SSSR count). The average molecular weight is 410 g/mol. The number of rotatable bonds is 7. The second-order valence-electron chi connectivity index (χ2n) is 7.33. The van der Waals surface area contributed by atoms with Gasteiger partial charge in [0, 0.05) is 12.1 Å². The molecular weight excluding hydrogens is 382 g/mol. The highest BCUT2D eigenvalue weighted by Crippen LogP contribution is 2.29. The molecule has 0 radical (unpaired) electrons. The predicted octanol–water partition coefficient (Wildman–Crippen LogP) is 2.20. The van der Waals surface area contributed by atoms with Gasteiger partial charge in [-0.05, 0) is 50.5 Å². The molecule has 1 aliphatic heterocycles. The highest BCUT2D eigenvalue weighted by Gasteiger charge is 2.39. The summed E-state index contributed by atoms with van der Waals surface area (Å²) < 4.78 is 34.3. The average Bonchev–Trinajstić information content (AvgIpc) is 3.31. The van der Waals surface area contributed by atoms with Crippen molar-refractivity contribution in [2.24, 2.45) is 0 Å². The van der Waals surface area contributed by atoms with E-state index in [2.05, 4.69) is 0 Å². The van der Waals surface area contributed by atoms with E-state index in [1.807, 2.05) is 0 Å². The van der Waals surface area contributed by atoms with Crippen molar-refractivity contribution in [2.75, 3.05) is 24.7 Å². The molecule has 1 aliphatic carbocycles. The highest BCUT2D eigenvalue weighted by molar-refractivity contribution is 7.91. The molecule has 8 heteroatoms. The number of sulfone groups is 1. The fraction of sp³-hybridized carbons (Fsp3) is 0.600. The molecule has 1 amide bonds. The van der Waals surface area contributed by atoms with Crippen LogP contribution in [0.5, 0.6) is 5.75 Å². The second-order valence-corrected chi connectivity index (χ2v) is 9.56. The zero-order chi connectivity index (χ0) is 20.1. The first-order chi connectivity index (χ1) is 13.4. The number of carbonyl (C=O) groups is 2. The van der Waals surface area contributed by atoms with Gasteiger partial charge in [0.25, 0.3) is 5.91 Å². The van der Waals surface area contributed by atoms with Gasteiger partial charge in [-0.1, -0.05) is 12.8 Å². The number of hydrogen-bond acceptors (Lipinski definition) is 6. The third-order valence-electron chi connectivity index (χ3n) is 5.34. The van der Waals surface area contributed by atoms with Gasteiger partial charge in [0.2, 0.25) is 0 Å². The molecule has 0 bridgehead atoms. The number of esters is 1. The monoisotopic (exact) mass is 409 g/mol. The van der Waals surface area contributed by atoms with E-state index < -0.39 is 15.8 Å². The highest BCUT2D eigenvalue weighted by atomic mass is 32.2. The fourth-order valence-corrected chi connectivity index (χ4v) is 5.72. The Hall–Kier alpha value is -2.09. The molecular formula is C20H27NO6S. The van der Waals surface area contributed by atoms with Crippen molar-refractivity contribution in [3.63, 3.8) is 0 Å². The molecule has 1 unspecified atom stereocenters. The quantitative estimate of drug-likeness (QED) is 0.642. The van der Waals surface area contributed by atoms with Crippen molar-refractivity contribution >= 4 is 21.7 Å². The van der Waals surface area contributed by atoms with E-state index in [1.54, 1.807) is 36.1 Å². The van der Waals surface area contributed by atoms with Crippen LogP contribution in [0.3, 0.4) is 0 Å². The molecule has 2 fully saturated rings. The van der Waals surface area contributed by atoms with Gasteiger partial charge in [-0.2, -0.15) is 0 Å². The topological polar surface area (TPSA) is 90.0 Å². The summed E-state index contributed by atoms with van der Waals surface area (Å²) in [6.07, 6.45) is 4.44. The van der Waals surface area contributed by atoms with Crippen LogP contribution < -0.4 is 4.74 Å². The number of carbonyl (C=O) groups excluding carboxylic acids is 2. The summed E-state index contributed by atoms with van der Waals surface area (Å²) >= 11 is 0. The Bertz CT molecular complexity index is 798. The minimum atomic E-state index is -3.07. The zero-order valence-corrected chi connectivity index (χ0v) is 16.9. The fourth-order valence-electron chi connectivity index (χ4n) is 4.00. The minimum Gasteiger partial charge on any atom is -0.484 e. The molecule has 7 nitrogen and oxygen atoms in total. The van der Waals surface area contributed by atoms with Crippen LogP contribution >= 0.6 is 0 Å². The molecule has 1 heterocycles. The zero-order valence-electron chi connectivity index (χ0n) is 16.1. The van der Waals surface area contributed by atoms with Crippen molar-refractivity contribution in [1.82, 2.24) is 4.90 Å². The second kappa shape index (κ2) is 8.94. The van der Waals surface area contributed by atoms with Gasteiger partial charge in [-0.3, -0.25) is 4.79 Å². The third kappa shape index (κ3) is 5.04. The maximum absolute atomic E-state index is 12.9. The van der Waals surface area contributed by atoms with E-state index in [0.29, 0.717) is 24.3 Å². The van der Waals surface area contributed by atoms with Gasteiger partial charge in [-0.25, -0.2) is 13.2 Å². The molecule has 1 aromatic rings. The van der Waals surface area contributed by atoms with Crippen molar-refractivity contribution < 1.29 is 27.5 Å². The van der Waals surface area contributed by atoms with Crippen LogP contribution in [-0.2, 0) is 19.4 Å². The minimum absolute atomic E-state index is 0.0451. The lowest BCUT2D eigenvalue weighted by molar-refractivity contribution is -0.137. The van der Waals surface area contributed by atoms with E-state index in [4.69, 9.17) is 9.47 Å². The van der Waals surface area contributed by atoms with E-state index >= 15 is 0 Å². The van der Waals surface area contributed by atoms with Gasteiger partial charge in [0.15, 0.2) is 16.4 Å². The van der Waals surface area contributed by atoms with Crippen molar-refractivity contribution in [3.8, 4) is 5.75 Å². The Morgan fingerprint density at radius 3 is 2.32 bits per heavy atom. The van der Waals surface area contributed by atoms with Crippen LogP contribution in [0.2, 0.25) is 0 Å². The summed E-state index contributed by atoms with van der Waals surface area (Å²) in [4.78, 5) is 26.3. The lowest BCUT2D eigenvalue weighted by atomic mass is 10.1. The Kier molecular flexibility index (Phi) is 6.59. The molecule has 0 spiro atoms. The first-order valence-electron chi connectivity index (χ1n) is 9.81. The third-order valence-corrected chi connectivity index (χ3v) is 7.09. The van der Waals surface area contributed by atoms with Gasteiger partial charge in [0.05, 0.1) is 23.7 Å². The van der Waals surface area contributed by atoms with E-state index in [-0.39, 0.29) is 36.1 Å². The molecule has 28 heavy (non-hydrogen) atoms. The van der Waals surface area contributed by atoms with Crippen LogP contribution in [0.25, 0.3) is 0 Å². The number of hydrogen-bond donors (Lipinski definition) is 0. The smallest absolute Gasteiger partial charge is 0.338 e. The summed E-state index contributed by atoms with van der Waals surface area (Å²) in [5, 5.41) is 0. The number of nitrogens with zero attached hydrogens (tertiary/aromatic N) is 1. The van der Waals surface area contributed by atoms with Gasteiger partial charge >= 0.3 is 5.97 Å². The van der Waals surface area contributed by atoms with Crippen LogP contribution in [0, 0.1) is 0 Å². The van der Waals surface area contributed by atoms with Gasteiger partial charge < -0.3 is 14.4 Å². The van der Waals surface area contributed by atoms with E-state index in [0.717, 1.165) is 25.7 Å². The van der Waals surface area contributed by atoms with Crippen LogP contribution in [0.15, 0.2) is 24.3 Å². The Morgan fingerprint density at radius 2 is 1.75 bits per heavy atom. The molecule has 1 saturated carbocycles. The van der Waals surface area contributed by atoms with Crippen molar-refractivity contribution in [1.29, 1.82) is 0 Å². The molecule has 0 N–H and O–H groups in total. The number of ether oxygens (including phenoxy) is 2. The Balaban J connectivity index is 1.63. The molecule has 0 aromatic heterocycles. The summed E-state index contributed by atoms with van der Waals surface area (Å²) in [6.45, 7) is 1.90. The Morgan fingerprint density at radius 1 is 1.07 bits per heavy atom. The standard InChI is InChI=1S/C20H27NO6S/c1-2-26-20(23)15-7-9-18(10-8-15)27-13-19(22)21(16-5-3-4-6-16)17-11-12-28(24,25)14-17/h7-10,16-17H,2-6,11-14H2,1H3. The van der Waals surface area contributed by atoms with E-state index in [1.165, 1.54) is 0 Å². The molecule has 2 aliphatic rings. The van der Waals surface area contributed by atoms with Crippen molar-refractivity contribution in [2.45, 2.75) is 51.1 Å². The molecule has 154 valence electrons. The summed E-state index contributed by atoms with van der Waals surface area (Å²) in [6, 6.07) is 6.28. The normalized spacial score (nSPS) is 21.4. The van der Waals surface area contributed by atoms with Gasteiger partial charge in [0.1, 0.15) is 5.75 Å². The Labute approximate surface area is 165 Å². The molecule has 1 saturated heterocycles. The lowest BCUT2D eigenvalue weighted by Crippen LogP contribution is -2.48. The van der Waals surface area contributed by atoms with Crippen LogP contribution in [0.4, 0.5) is 0 Å². The molecule has 1 aromatic carbocycles. The molecule has 1 atom stereocenters. The maximum Gasteiger partial charge on any atom is 0.338 e.